The minimum atomic E-state index is -0.953. The van der Waals surface area contributed by atoms with E-state index < -0.39 is 64.8 Å². The first-order valence-corrected chi connectivity index (χ1v) is 13.8. The van der Waals surface area contributed by atoms with Crippen molar-refractivity contribution < 1.29 is 48.6 Å². The Bertz CT molecular complexity index is 1040. The smallest absolute Gasteiger partial charge is 0.331 e. The molecule has 3 N–H and O–H groups in total. The van der Waals surface area contributed by atoms with Crippen LogP contribution in [0.25, 0.3) is 0 Å². The van der Waals surface area contributed by atoms with Gasteiger partial charge in [-0.25, -0.2) is 4.79 Å². The second kappa shape index (κ2) is 10.7. The van der Waals surface area contributed by atoms with Gasteiger partial charge in [0.05, 0.1) is 56.1 Å². The quantitative estimate of drug-likeness (QED) is 0.263. The Hall–Kier alpha value is -2.08. The molecule has 2 saturated heterocycles. The molecule has 39 heavy (non-hydrogen) atoms. The summed E-state index contributed by atoms with van der Waals surface area (Å²) in [7, 11) is 0. The number of cyclic esters (lactones) is 1. The fourth-order valence-electron chi connectivity index (χ4n) is 7.07. The van der Waals surface area contributed by atoms with E-state index >= 15 is 0 Å². The third-order valence-electron chi connectivity index (χ3n) is 9.77. The molecule has 10 heteroatoms. The predicted molar refractivity (Wildman–Crippen MR) is 137 cm³/mol. The Kier molecular flexibility index (Phi) is 7.82. The van der Waals surface area contributed by atoms with Crippen LogP contribution in [0.4, 0.5) is 0 Å². The van der Waals surface area contributed by atoms with Crippen LogP contribution >= 0.6 is 0 Å². The Labute approximate surface area is 228 Å². The summed E-state index contributed by atoms with van der Waals surface area (Å²) in [5.41, 5.74) is -1.25. The summed E-state index contributed by atoms with van der Waals surface area (Å²) in [6, 6.07) is 0. The molecule has 0 radical (unpaired) electrons. The maximum absolute atomic E-state index is 13.0. The highest BCUT2D eigenvalue weighted by Crippen LogP contribution is 2.72. The van der Waals surface area contributed by atoms with Gasteiger partial charge in [-0.3, -0.25) is 4.79 Å². The Morgan fingerprint density at radius 2 is 1.95 bits per heavy atom. The summed E-state index contributed by atoms with van der Waals surface area (Å²) in [6.07, 6.45) is 5.72. The lowest BCUT2D eigenvalue weighted by molar-refractivity contribution is -0.233. The number of aliphatic hydroxyl groups is 3. The largest absolute Gasteiger partial charge is 0.465 e. The monoisotopic (exact) mass is 548 g/mol. The number of carbonyl (C=O) groups is 2. The van der Waals surface area contributed by atoms with Crippen LogP contribution in [-0.4, -0.2) is 95.9 Å². The minimum absolute atomic E-state index is 0.0239. The van der Waals surface area contributed by atoms with Crippen molar-refractivity contribution in [2.24, 2.45) is 16.7 Å². The Morgan fingerprint density at radius 3 is 2.64 bits per heavy atom. The van der Waals surface area contributed by atoms with Crippen molar-refractivity contribution in [1.29, 1.82) is 0 Å². The molecule has 5 rings (SSSR count). The molecular weight excluding hydrogens is 508 g/mol. The maximum Gasteiger partial charge on any atom is 0.331 e. The number of hydrogen-bond donors (Lipinski definition) is 3. The molecule has 0 amide bonds. The lowest BCUT2D eigenvalue weighted by Gasteiger charge is -2.58. The van der Waals surface area contributed by atoms with Gasteiger partial charge in [0.2, 0.25) is 0 Å². The fourth-order valence-corrected chi connectivity index (χ4v) is 7.07. The summed E-state index contributed by atoms with van der Waals surface area (Å²) in [5.74, 6) is -1.44. The highest BCUT2D eigenvalue weighted by atomic mass is 16.6. The molecular formula is C29H40O10. The number of rotatable bonds is 2. The normalized spacial score (nSPS) is 47.1. The minimum Gasteiger partial charge on any atom is -0.465 e. The van der Waals surface area contributed by atoms with Gasteiger partial charge >= 0.3 is 11.9 Å². The second-order valence-electron chi connectivity index (χ2n) is 11.9. The number of esters is 2. The molecule has 0 aromatic heterocycles. The fraction of sp³-hybridized carbons (Fsp3) is 0.724. The van der Waals surface area contributed by atoms with Crippen LogP contribution in [0.1, 0.15) is 46.5 Å². The lowest BCUT2D eigenvalue weighted by atomic mass is 9.51. The van der Waals surface area contributed by atoms with E-state index in [1.54, 1.807) is 26.0 Å². The van der Waals surface area contributed by atoms with E-state index in [1.165, 1.54) is 12.2 Å². The third kappa shape index (κ3) is 4.79. The van der Waals surface area contributed by atoms with E-state index in [2.05, 4.69) is 6.92 Å². The summed E-state index contributed by atoms with van der Waals surface area (Å²) >= 11 is 0. The van der Waals surface area contributed by atoms with E-state index in [9.17, 15) is 24.9 Å². The standard InChI is InChI=1S/C29H40O10/c1-17-10-26(34)36-15-28-9-8-19(13-30)11-23(28)38-24-12-22(27(28,3)29(24)16-37-29)39-25(33)7-5-4-6-21(18(2)31)35-14-20(17)32/h4-7,11,17-18,20-24,30-32H,8-10,12-16H2,1-3H3/b6-4+,7-5-/t17?,18-,20?,21+,22+,23+,24+,27+,28+,29?/m0/s1. The van der Waals surface area contributed by atoms with Crippen molar-refractivity contribution in [2.75, 3.05) is 26.4 Å². The molecule has 3 fully saturated rings. The van der Waals surface area contributed by atoms with Crippen molar-refractivity contribution in [2.45, 2.75) is 88.7 Å². The number of aliphatic hydroxyl groups excluding tert-OH is 3. The molecule has 5 aliphatic rings. The first-order valence-electron chi connectivity index (χ1n) is 13.8. The molecule has 0 aromatic rings. The molecule has 10 nitrogen and oxygen atoms in total. The first-order chi connectivity index (χ1) is 18.6. The van der Waals surface area contributed by atoms with Gasteiger partial charge in [-0.15, -0.1) is 0 Å². The number of allylic oxidation sites excluding steroid dienone is 2. The van der Waals surface area contributed by atoms with E-state index in [-0.39, 0.29) is 32.3 Å². The van der Waals surface area contributed by atoms with Gasteiger partial charge in [-0.2, -0.15) is 0 Å². The topological polar surface area (TPSA) is 144 Å². The molecule has 2 bridgehead atoms. The third-order valence-corrected chi connectivity index (χ3v) is 9.77. The molecule has 10 atom stereocenters. The van der Waals surface area contributed by atoms with E-state index in [0.29, 0.717) is 25.9 Å². The molecule has 2 spiro atoms. The number of ether oxygens (including phenoxy) is 5. The Morgan fingerprint density at radius 1 is 1.18 bits per heavy atom. The highest BCUT2D eigenvalue weighted by molar-refractivity contribution is 5.82. The van der Waals surface area contributed by atoms with E-state index in [0.717, 1.165) is 5.57 Å². The molecule has 3 aliphatic heterocycles. The van der Waals surface area contributed by atoms with Gasteiger partial charge < -0.3 is 39.0 Å². The highest BCUT2D eigenvalue weighted by Gasteiger charge is 2.83. The summed E-state index contributed by atoms with van der Waals surface area (Å²) in [4.78, 5) is 26.0. The summed E-state index contributed by atoms with van der Waals surface area (Å²) in [6.45, 7) is 5.68. The summed E-state index contributed by atoms with van der Waals surface area (Å²) in [5, 5.41) is 30.5. The second-order valence-corrected chi connectivity index (χ2v) is 11.9. The van der Waals surface area contributed by atoms with Crippen LogP contribution in [0.2, 0.25) is 0 Å². The van der Waals surface area contributed by atoms with Crippen LogP contribution in [0.15, 0.2) is 36.0 Å². The van der Waals surface area contributed by atoms with Crippen LogP contribution in [-0.2, 0) is 33.3 Å². The molecule has 3 heterocycles. The lowest BCUT2D eigenvalue weighted by Crippen LogP contribution is -2.66. The first kappa shape index (κ1) is 28.4. The van der Waals surface area contributed by atoms with Gasteiger partial charge in [0, 0.05) is 17.9 Å². The van der Waals surface area contributed by atoms with Gasteiger partial charge in [0.25, 0.3) is 0 Å². The molecule has 0 aromatic carbocycles. The van der Waals surface area contributed by atoms with Crippen LogP contribution in [0.3, 0.4) is 0 Å². The Balaban J connectivity index is 1.50. The SMILES string of the molecule is CC1CC(=O)OC[C@]23CCC(CO)=C[C@H]2O[C@@H]2C[C@@H](OC(=O)/C=C\C=C\[C@H]([C@H](C)O)OCC1O)[C@@]3(C)C21CO1. The molecule has 2 aliphatic carbocycles. The van der Waals surface area contributed by atoms with Crippen LogP contribution < -0.4 is 0 Å². The van der Waals surface area contributed by atoms with Crippen molar-refractivity contribution in [3.8, 4) is 0 Å². The zero-order valence-corrected chi connectivity index (χ0v) is 22.8. The molecule has 216 valence electrons. The number of epoxide rings is 1. The van der Waals surface area contributed by atoms with Crippen molar-refractivity contribution in [3.05, 3.63) is 36.0 Å². The van der Waals surface area contributed by atoms with Gasteiger partial charge in [0.1, 0.15) is 24.4 Å². The molecule has 1 saturated carbocycles. The van der Waals surface area contributed by atoms with Gasteiger partial charge in [-0.1, -0.05) is 38.2 Å². The van der Waals surface area contributed by atoms with Crippen molar-refractivity contribution in [3.63, 3.8) is 0 Å². The maximum atomic E-state index is 13.0. The van der Waals surface area contributed by atoms with Crippen LogP contribution in [0.5, 0.6) is 0 Å². The zero-order chi connectivity index (χ0) is 28.0. The zero-order valence-electron chi connectivity index (χ0n) is 22.8. The van der Waals surface area contributed by atoms with E-state index in [1.807, 2.05) is 6.08 Å². The predicted octanol–water partition coefficient (Wildman–Crippen LogP) is 1.37. The van der Waals surface area contributed by atoms with E-state index in [4.69, 9.17) is 23.7 Å². The average Bonchev–Trinajstić information content (AvgIpc) is 3.68. The average molecular weight is 549 g/mol. The van der Waals surface area contributed by atoms with Crippen LogP contribution in [0, 0.1) is 16.7 Å². The van der Waals surface area contributed by atoms with Gasteiger partial charge in [-0.05, 0) is 31.3 Å². The van der Waals surface area contributed by atoms with Gasteiger partial charge in [0.15, 0.2) is 0 Å². The summed E-state index contributed by atoms with van der Waals surface area (Å²) < 4.78 is 30.3. The number of carbonyl (C=O) groups excluding carboxylic acids is 2. The molecule has 3 unspecified atom stereocenters. The number of hydrogen-bond acceptors (Lipinski definition) is 10. The van der Waals surface area contributed by atoms with Crippen molar-refractivity contribution in [1.82, 2.24) is 0 Å². The van der Waals surface area contributed by atoms with Crippen molar-refractivity contribution >= 4 is 11.9 Å².